The van der Waals surface area contributed by atoms with E-state index in [0.717, 1.165) is 23.6 Å². The summed E-state index contributed by atoms with van der Waals surface area (Å²) in [7, 11) is 0. The van der Waals surface area contributed by atoms with E-state index in [1.165, 1.54) is 19.3 Å². The molecule has 0 fully saturated rings. The summed E-state index contributed by atoms with van der Waals surface area (Å²) in [5.74, 6) is 0. The number of hydrogen-bond donors (Lipinski definition) is 1. The summed E-state index contributed by atoms with van der Waals surface area (Å²) in [6.07, 6.45) is 4.78. The molecular weight excluding hydrogens is 253 g/mol. The highest BCUT2D eigenvalue weighted by Crippen LogP contribution is 2.27. The molecule has 1 N–H and O–H groups in total. The molecule has 0 aliphatic carbocycles. The van der Waals surface area contributed by atoms with Crippen LogP contribution in [0.15, 0.2) is 18.2 Å². The van der Waals surface area contributed by atoms with E-state index in [1.807, 2.05) is 18.2 Å². The van der Waals surface area contributed by atoms with Crippen LogP contribution in [0.25, 0.3) is 0 Å². The molecule has 0 heterocycles. The van der Waals surface area contributed by atoms with Crippen molar-refractivity contribution in [3.05, 3.63) is 33.8 Å². The molecule has 0 saturated heterocycles. The fourth-order valence-electron chi connectivity index (χ4n) is 1.91. The smallest absolute Gasteiger partial charge is 0.0468 e. The predicted molar refractivity (Wildman–Crippen MR) is 77.0 cm³/mol. The Balaban J connectivity index is 2.59. The minimum atomic E-state index is 0.330. The molecule has 0 radical (unpaired) electrons. The van der Waals surface area contributed by atoms with Crippen LogP contribution in [-0.4, -0.2) is 6.54 Å². The molecular formula is C14H21Cl2N. The van der Waals surface area contributed by atoms with E-state index in [1.54, 1.807) is 0 Å². The number of hydrogen-bond acceptors (Lipinski definition) is 1. The molecule has 1 nitrogen and oxygen atoms in total. The zero-order valence-corrected chi connectivity index (χ0v) is 12.1. The Morgan fingerprint density at radius 1 is 1.18 bits per heavy atom. The normalized spacial score (nSPS) is 12.7. The third-order valence-corrected chi connectivity index (χ3v) is 3.48. The molecule has 0 amide bonds. The molecule has 1 aromatic rings. The van der Waals surface area contributed by atoms with Crippen LogP contribution in [0, 0.1) is 0 Å². The van der Waals surface area contributed by atoms with Crippen LogP contribution >= 0.6 is 23.2 Å². The Hall–Kier alpha value is -0.240. The van der Waals surface area contributed by atoms with Gasteiger partial charge in [-0.25, -0.2) is 0 Å². The number of halogens is 2. The SMILES string of the molecule is CCCCCNC(CC)c1ccc(Cl)cc1Cl. The van der Waals surface area contributed by atoms with Gasteiger partial charge < -0.3 is 5.32 Å². The van der Waals surface area contributed by atoms with Crippen LogP contribution in [0.4, 0.5) is 0 Å². The van der Waals surface area contributed by atoms with Crippen LogP contribution in [0.5, 0.6) is 0 Å². The van der Waals surface area contributed by atoms with Crippen LogP contribution in [-0.2, 0) is 0 Å². The van der Waals surface area contributed by atoms with Gasteiger partial charge in [0.1, 0.15) is 0 Å². The summed E-state index contributed by atoms with van der Waals surface area (Å²) in [5, 5.41) is 5.00. The third kappa shape index (κ3) is 4.87. The van der Waals surface area contributed by atoms with Crippen molar-refractivity contribution in [1.82, 2.24) is 5.32 Å². The van der Waals surface area contributed by atoms with Gasteiger partial charge in [-0.1, -0.05) is 56.0 Å². The van der Waals surface area contributed by atoms with E-state index in [0.29, 0.717) is 11.1 Å². The monoisotopic (exact) mass is 273 g/mol. The first kappa shape index (κ1) is 14.8. The van der Waals surface area contributed by atoms with E-state index in [2.05, 4.69) is 19.2 Å². The Labute approximate surface area is 115 Å². The highest BCUT2D eigenvalue weighted by Gasteiger charge is 2.12. The number of benzene rings is 1. The molecule has 0 spiro atoms. The Morgan fingerprint density at radius 3 is 2.53 bits per heavy atom. The summed E-state index contributed by atoms with van der Waals surface area (Å²) in [5.41, 5.74) is 1.15. The molecule has 96 valence electrons. The van der Waals surface area contributed by atoms with E-state index in [4.69, 9.17) is 23.2 Å². The second-order valence-corrected chi connectivity index (χ2v) is 5.13. The largest absolute Gasteiger partial charge is 0.310 e. The van der Waals surface area contributed by atoms with Gasteiger partial charge in [-0.15, -0.1) is 0 Å². The summed E-state index contributed by atoms with van der Waals surface area (Å²) >= 11 is 12.1. The van der Waals surface area contributed by atoms with Crippen molar-refractivity contribution >= 4 is 23.2 Å². The van der Waals surface area contributed by atoms with Gasteiger partial charge in [0, 0.05) is 16.1 Å². The van der Waals surface area contributed by atoms with Crippen LogP contribution in [0.1, 0.15) is 51.1 Å². The van der Waals surface area contributed by atoms with Gasteiger partial charge in [0.2, 0.25) is 0 Å². The molecule has 0 bridgehead atoms. The Bertz CT molecular complexity index is 339. The average Bonchev–Trinajstić information content (AvgIpc) is 2.31. The lowest BCUT2D eigenvalue weighted by Crippen LogP contribution is -2.22. The first-order valence-corrected chi connectivity index (χ1v) is 7.13. The second kappa shape index (κ2) is 7.97. The van der Waals surface area contributed by atoms with Crippen LogP contribution < -0.4 is 5.32 Å². The quantitative estimate of drug-likeness (QED) is 0.672. The second-order valence-electron chi connectivity index (χ2n) is 4.29. The van der Waals surface area contributed by atoms with Crippen molar-refractivity contribution in [2.45, 2.75) is 45.6 Å². The van der Waals surface area contributed by atoms with Gasteiger partial charge in [-0.2, -0.15) is 0 Å². The van der Waals surface area contributed by atoms with Crippen molar-refractivity contribution in [1.29, 1.82) is 0 Å². The lowest BCUT2D eigenvalue weighted by Gasteiger charge is -2.18. The molecule has 1 aromatic carbocycles. The molecule has 0 aliphatic heterocycles. The molecule has 3 heteroatoms. The number of unbranched alkanes of at least 4 members (excludes halogenated alkanes) is 2. The molecule has 0 saturated carbocycles. The molecule has 0 aliphatic rings. The highest BCUT2D eigenvalue weighted by molar-refractivity contribution is 6.35. The lowest BCUT2D eigenvalue weighted by atomic mass is 10.0. The van der Waals surface area contributed by atoms with Crippen molar-refractivity contribution in [3.63, 3.8) is 0 Å². The topological polar surface area (TPSA) is 12.0 Å². The maximum atomic E-state index is 6.22. The Kier molecular flexibility index (Phi) is 6.94. The fraction of sp³-hybridized carbons (Fsp3) is 0.571. The van der Waals surface area contributed by atoms with Gasteiger partial charge in [0.15, 0.2) is 0 Å². The zero-order chi connectivity index (χ0) is 12.7. The van der Waals surface area contributed by atoms with E-state index in [9.17, 15) is 0 Å². The van der Waals surface area contributed by atoms with Gasteiger partial charge in [0.25, 0.3) is 0 Å². The van der Waals surface area contributed by atoms with Gasteiger partial charge >= 0.3 is 0 Å². The molecule has 17 heavy (non-hydrogen) atoms. The number of nitrogens with one attached hydrogen (secondary N) is 1. The van der Waals surface area contributed by atoms with Crippen molar-refractivity contribution in [3.8, 4) is 0 Å². The molecule has 0 aromatic heterocycles. The maximum absolute atomic E-state index is 6.22. The first-order chi connectivity index (χ1) is 8.19. The van der Waals surface area contributed by atoms with Crippen molar-refractivity contribution < 1.29 is 0 Å². The van der Waals surface area contributed by atoms with Gasteiger partial charge in [-0.05, 0) is 37.1 Å². The molecule has 1 atom stereocenters. The average molecular weight is 274 g/mol. The maximum Gasteiger partial charge on any atom is 0.0468 e. The Morgan fingerprint density at radius 2 is 1.94 bits per heavy atom. The van der Waals surface area contributed by atoms with E-state index < -0.39 is 0 Å². The van der Waals surface area contributed by atoms with Gasteiger partial charge in [0.05, 0.1) is 0 Å². The lowest BCUT2D eigenvalue weighted by molar-refractivity contribution is 0.502. The van der Waals surface area contributed by atoms with Crippen LogP contribution in [0.3, 0.4) is 0 Å². The van der Waals surface area contributed by atoms with Crippen molar-refractivity contribution in [2.24, 2.45) is 0 Å². The van der Waals surface area contributed by atoms with Crippen molar-refractivity contribution in [2.75, 3.05) is 6.54 Å². The molecule has 1 unspecified atom stereocenters. The van der Waals surface area contributed by atoms with Gasteiger partial charge in [-0.3, -0.25) is 0 Å². The minimum Gasteiger partial charge on any atom is -0.310 e. The minimum absolute atomic E-state index is 0.330. The molecule has 1 rings (SSSR count). The van der Waals surface area contributed by atoms with E-state index >= 15 is 0 Å². The summed E-state index contributed by atoms with van der Waals surface area (Å²) in [4.78, 5) is 0. The standard InChI is InChI=1S/C14H21Cl2N/c1-3-5-6-9-17-14(4-2)12-8-7-11(15)10-13(12)16/h7-8,10,14,17H,3-6,9H2,1-2H3. The third-order valence-electron chi connectivity index (χ3n) is 2.92. The van der Waals surface area contributed by atoms with Crippen LogP contribution in [0.2, 0.25) is 10.0 Å². The first-order valence-electron chi connectivity index (χ1n) is 6.37. The summed E-state index contributed by atoms with van der Waals surface area (Å²) in [6, 6.07) is 6.07. The predicted octanol–water partition coefficient (Wildman–Crippen LogP) is 5.22. The zero-order valence-electron chi connectivity index (χ0n) is 10.6. The van der Waals surface area contributed by atoms with E-state index in [-0.39, 0.29) is 0 Å². The summed E-state index contributed by atoms with van der Waals surface area (Å²) < 4.78 is 0. The fourth-order valence-corrected chi connectivity index (χ4v) is 2.45. The number of rotatable bonds is 7. The summed E-state index contributed by atoms with van der Waals surface area (Å²) in [6.45, 7) is 5.43. The highest BCUT2D eigenvalue weighted by atomic mass is 35.5.